The number of halogens is 4. The minimum absolute atomic E-state index is 0.316. The molecule has 0 aliphatic rings. The summed E-state index contributed by atoms with van der Waals surface area (Å²) in [6.45, 7) is 7.57. The molecule has 0 N–H and O–H groups in total. The van der Waals surface area contributed by atoms with Gasteiger partial charge in [0.05, 0.1) is 5.69 Å². The number of allylic oxidation sites excluding steroid dienone is 2. The van der Waals surface area contributed by atoms with Gasteiger partial charge in [-0.25, -0.2) is 9.67 Å². The Hall–Kier alpha value is -2.54. The summed E-state index contributed by atoms with van der Waals surface area (Å²) < 4.78 is 45.8. The lowest BCUT2D eigenvalue weighted by Gasteiger charge is -2.12. The molecule has 0 spiro atoms. The molecule has 0 bridgehead atoms. The van der Waals surface area contributed by atoms with E-state index in [9.17, 15) is 13.2 Å². The third-order valence-electron chi connectivity index (χ3n) is 4.20. The third-order valence-corrected chi connectivity index (χ3v) is 4.29. The Balaban J connectivity index is 2.14. The molecule has 162 valence electrons. The van der Waals surface area contributed by atoms with Crippen LogP contribution in [-0.2, 0) is 17.5 Å². The van der Waals surface area contributed by atoms with Gasteiger partial charge in [0.1, 0.15) is 17.5 Å². The van der Waals surface area contributed by atoms with Crippen molar-refractivity contribution in [3.8, 4) is 5.69 Å². The quantitative estimate of drug-likeness (QED) is 0.253. The molecule has 1 heterocycles. The van der Waals surface area contributed by atoms with E-state index >= 15 is 0 Å². The van der Waals surface area contributed by atoms with Gasteiger partial charge in [-0.2, -0.15) is 18.3 Å². The van der Waals surface area contributed by atoms with Crippen molar-refractivity contribution in [1.29, 1.82) is 0 Å². The van der Waals surface area contributed by atoms with Crippen LogP contribution >= 0.6 is 11.6 Å². The van der Waals surface area contributed by atoms with Gasteiger partial charge in [-0.1, -0.05) is 37.1 Å². The molecule has 0 saturated heterocycles. The fourth-order valence-electron chi connectivity index (χ4n) is 2.63. The monoisotopic (exact) mass is 439 g/mol. The number of alkyl halides is 3. The lowest BCUT2D eigenvalue weighted by Crippen LogP contribution is -2.07. The van der Waals surface area contributed by atoms with E-state index in [1.807, 2.05) is 13.0 Å². The molecule has 0 aliphatic heterocycles. The number of unbranched alkanes of at least 4 members (excludes halogenated alkanes) is 1. The second-order valence-electron chi connectivity index (χ2n) is 6.83. The van der Waals surface area contributed by atoms with Crippen LogP contribution < -0.4 is 0 Å². The van der Waals surface area contributed by atoms with Gasteiger partial charge >= 0.3 is 6.18 Å². The first kappa shape index (κ1) is 23.7. The van der Waals surface area contributed by atoms with Crippen LogP contribution in [0.25, 0.3) is 5.69 Å². The van der Waals surface area contributed by atoms with Gasteiger partial charge in [-0.05, 0) is 57.0 Å². The lowest BCUT2D eigenvalue weighted by atomic mass is 10.2. The molecular formula is C22H25ClF3N3O. The predicted molar refractivity (Wildman–Crippen MR) is 114 cm³/mol. The van der Waals surface area contributed by atoms with E-state index in [0.29, 0.717) is 23.2 Å². The van der Waals surface area contributed by atoms with Gasteiger partial charge < -0.3 is 4.74 Å². The first-order valence-corrected chi connectivity index (χ1v) is 9.92. The second kappa shape index (κ2) is 10.5. The smallest absolute Gasteiger partial charge is 0.435 e. The number of aliphatic imine (C=N–C) groups is 1. The molecule has 4 nitrogen and oxygen atoms in total. The summed E-state index contributed by atoms with van der Waals surface area (Å²) in [7, 11) is 0. The van der Waals surface area contributed by atoms with E-state index in [1.165, 1.54) is 4.68 Å². The highest BCUT2D eigenvalue weighted by Crippen LogP contribution is 2.29. The van der Waals surface area contributed by atoms with Gasteiger partial charge in [0, 0.05) is 17.5 Å². The molecule has 1 aromatic carbocycles. The van der Waals surface area contributed by atoms with Crippen LogP contribution in [0.1, 0.15) is 50.6 Å². The van der Waals surface area contributed by atoms with Crippen LogP contribution in [0.5, 0.6) is 0 Å². The third kappa shape index (κ3) is 6.76. The molecule has 0 radical (unpaired) electrons. The number of aromatic nitrogens is 2. The number of benzene rings is 1. The molecule has 2 aromatic rings. The lowest BCUT2D eigenvalue weighted by molar-refractivity contribution is -0.141. The number of rotatable bonds is 8. The highest BCUT2D eigenvalue weighted by Gasteiger charge is 2.34. The van der Waals surface area contributed by atoms with Gasteiger partial charge in [-0.3, -0.25) is 0 Å². The molecule has 2 rings (SSSR count). The highest BCUT2D eigenvalue weighted by molar-refractivity contribution is 6.64. The summed E-state index contributed by atoms with van der Waals surface area (Å²) in [6, 6.07) is 8.08. The van der Waals surface area contributed by atoms with Gasteiger partial charge in [0.15, 0.2) is 5.69 Å². The maximum Gasteiger partial charge on any atom is 0.435 e. The van der Waals surface area contributed by atoms with Crippen molar-refractivity contribution < 1.29 is 17.9 Å². The molecule has 8 heteroatoms. The Morgan fingerprint density at radius 2 is 1.90 bits per heavy atom. The fourth-order valence-corrected chi connectivity index (χ4v) is 2.68. The normalized spacial score (nSPS) is 13.7. The van der Waals surface area contributed by atoms with Crippen molar-refractivity contribution in [3.63, 3.8) is 0 Å². The zero-order valence-electron chi connectivity index (χ0n) is 17.4. The molecule has 0 atom stereocenters. The van der Waals surface area contributed by atoms with Crippen molar-refractivity contribution in [2.45, 2.75) is 53.3 Å². The summed E-state index contributed by atoms with van der Waals surface area (Å²) in [5.41, 5.74) is 1.79. The van der Waals surface area contributed by atoms with Gasteiger partial charge in [-0.15, -0.1) is 0 Å². The van der Waals surface area contributed by atoms with Crippen molar-refractivity contribution in [3.05, 3.63) is 70.9 Å². The number of hydrogen-bond donors (Lipinski definition) is 0. The molecule has 0 aliphatic carbocycles. The fraction of sp³-hybridized carbons (Fsp3) is 0.364. The molecule has 0 fully saturated rings. The van der Waals surface area contributed by atoms with E-state index < -0.39 is 11.9 Å². The Labute approximate surface area is 179 Å². The van der Waals surface area contributed by atoms with Crippen molar-refractivity contribution in [2.75, 3.05) is 0 Å². The molecule has 30 heavy (non-hydrogen) atoms. The summed E-state index contributed by atoms with van der Waals surface area (Å²) >= 11 is 5.78. The summed E-state index contributed by atoms with van der Waals surface area (Å²) in [5, 5.41) is 4.10. The average molecular weight is 440 g/mol. The molecule has 1 aromatic heterocycles. The highest BCUT2D eigenvalue weighted by atomic mass is 35.5. The Morgan fingerprint density at radius 1 is 1.23 bits per heavy atom. The maximum atomic E-state index is 12.9. The van der Waals surface area contributed by atoms with Crippen LogP contribution in [0.3, 0.4) is 0 Å². The van der Waals surface area contributed by atoms with Crippen LogP contribution in [0.4, 0.5) is 13.2 Å². The first-order chi connectivity index (χ1) is 14.1. The molecule has 0 amide bonds. The number of nitrogens with zero attached hydrogens (tertiary/aromatic N) is 3. The van der Waals surface area contributed by atoms with Crippen molar-refractivity contribution in [1.82, 2.24) is 9.78 Å². The summed E-state index contributed by atoms with van der Waals surface area (Å²) in [5.74, 6) is 0.723. The average Bonchev–Trinajstić information content (AvgIpc) is 3.09. The van der Waals surface area contributed by atoms with Crippen molar-refractivity contribution in [2.24, 2.45) is 4.99 Å². The SMILES string of the molecule is CCC/C=C(OCc1ccc(-n2nc(C(F)(F)F)cc2C)cc1)/C(C)=C\N=C(C)Cl. The molecular weight excluding hydrogens is 415 g/mol. The first-order valence-electron chi connectivity index (χ1n) is 9.55. The van der Waals surface area contributed by atoms with E-state index in [4.69, 9.17) is 16.3 Å². The largest absolute Gasteiger partial charge is 0.489 e. The van der Waals surface area contributed by atoms with Crippen LogP contribution in [-0.4, -0.2) is 15.0 Å². The standard InChI is InChI=1S/C22H25ClF3N3O/c1-5-6-7-20(15(2)13-27-17(4)23)30-14-18-8-10-19(11-9-18)29-16(3)12-21(28-29)22(24,25)26/h7-13H,5-6,14H2,1-4H3/b15-13-,20-7-,27-17?. The molecule has 0 saturated carbocycles. The topological polar surface area (TPSA) is 39.4 Å². The number of hydrogen-bond acceptors (Lipinski definition) is 3. The van der Waals surface area contributed by atoms with Gasteiger partial charge in [0.2, 0.25) is 0 Å². The number of aryl methyl sites for hydroxylation is 1. The Kier molecular flexibility index (Phi) is 8.29. The Morgan fingerprint density at radius 3 is 2.43 bits per heavy atom. The van der Waals surface area contributed by atoms with Crippen LogP contribution in [0.2, 0.25) is 0 Å². The maximum absolute atomic E-state index is 12.9. The zero-order valence-corrected chi connectivity index (χ0v) is 18.2. The predicted octanol–water partition coefficient (Wildman–Crippen LogP) is 6.96. The minimum atomic E-state index is -4.47. The number of ether oxygens (including phenoxy) is 1. The van der Waals surface area contributed by atoms with Gasteiger partial charge in [0.25, 0.3) is 0 Å². The van der Waals surface area contributed by atoms with E-state index in [0.717, 1.165) is 35.8 Å². The van der Waals surface area contributed by atoms with Crippen LogP contribution in [0, 0.1) is 6.92 Å². The minimum Gasteiger partial charge on any atom is -0.489 e. The van der Waals surface area contributed by atoms with Crippen LogP contribution in [0.15, 0.2) is 58.9 Å². The van der Waals surface area contributed by atoms with E-state index in [2.05, 4.69) is 17.0 Å². The van der Waals surface area contributed by atoms with E-state index in [1.54, 1.807) is 44.3 Å². The van der Waals surface area contributed by atoms with Crippen molar-refractivity contribution >= 4 is 16.8 Å². The summed E-state index contributed by atoms with van der Waals surface area (Å²) in [4.78, 5) is 4.09. The Bertz CT molecular complexity index is 938. The van der Waals surface area contributed by atoms with E-state index in [-0.39, 0.29) is 0 Å². The summed E-state index contributed by atoms with van der Waals surface area (Å²) in [6.07, 6.45) is 1.04. The zero-order chi connectivity index (χ0) is 22.3. The molecule has 0 unspecified atom stereocenters. The second-order valence-corrected chi connectivity index (χ2v) is 7.38.